The van der Waals surface area contributed by atoms with E-state index in [1.807, 2.05) is 0 Å². The van der Waals surface area contributed by atoms with Gasteiger partial charge in [0.15, 0.2) is 0 Å². The van der Waals surface area contributed by atoms with Crippen LogP contribution in [0, 0.1) is 0 Å². The van der Waals surface area contributed by atoms with Crippen LogP contribution in [-0.2, 0) is 19.1 Å². The Morgan fingerprint density at radius 3 is 2.00 bits per heavy atom. The second kappa shape index (κ2) is 14.3. The highest BCUT2D eigenvalue weighted by molar-refractivity contribution is 5.91. The Morgan fingerprint density at radius 1 is 0.824 bits per heavy atom. The number of carbonyl (C=O) groups excluding carboxylic acids is 3. The molecule has 0 saturated heterocycles. The van der Waals surface area contributed by atoms with Crippen molar-refractivity contribution < 1.29 is 33.3 Å². The standard InChI is InChI=1S/C27H30O7/c1-20(2)26(29)33-19-7-5-4-6-18-32-25(28)17-10-21-8-13-24(14-9-21)34-27(30)22-11-15-23(31-3)16-12-22/h8-17H,1,4-7,18-19H2,2-3H3/b17-10+. The van der Waals surface area contributed by atoms with Crippen molar-refractivity contribution in [1.29, 1.82) is 0 Å². The topological polar surface area (TPSA) is 88.1 Å². The fraction of sp³-hybridized carbons (Fsp3) is 0.296. The molecule has 0 aliphatic carbocycles. The van der Waals surface area contributed by atoms with E-state index < -0.39 is 11.9 Å². The summed E-state index contributed by atoms with van der Waals surface area (Å²) in [6.45, 7) is 5.83. The van der Waals surface area contributed by atoms with E-state index in [0.717, 1.165) is 31.2 Å². The number of benzene rings is 2. The van der Waals surface area contributed by atoms with Crippen LogP contribution in [0.1, 0.15) is 48.5 Å². The van der Waals surface area contributed by atoms with Gasteiger partial charge >= 0.3 is 17.9 Å². The van der Waals surface area contributed by atoms with Crippen LogP contribution >= 0.6 is 0 Å². The van der Waals surface area contributed by atoms with Crippen molar-refractivity contribution >= 4 is 24.0 Å². The van der Waals surface area contributed by atoms with Gasteiger partial charge in [-0.25, -0.2) is 14.4 Å². The van der Waals surface area contributed by atoms with Crippen LogP contribution in [-0.4, -0.2) is 38.2 Å². The van der Waals surface area contributed by atoms with E-state index in [2.05, 4.69) is 6.58 Å². The summed E-state index contributed by atoms with van der Waals surface area (Å²) in [6, 6.07) is 13.4. The molecule has 0 radical (unpaired) electrons. The van der Waals surface area contributed by atoms with Crippen molar-refractivity contribution in [3.05, 3.63) is 77.9 Å². The summed E-state index contributed by atoms with van der Waals surface area (Å²) < 4.78 is 20.6. The zero-order valence-electron chi connectivity index (χ0n) is 19.6. The fourth-order valence-electron chi connectivity index (χ4n) is 2.77. The van der Waals surface area contributed by atoms with Crippen molar-refractivity contribution in [2.75, 3.05) is 20.3 Å². The molecule has 2 aromatic carbocycles. The molecule has 0 fully saturated rings. The first-order valence-electron chi connectivity index (χ1n) is 11.0. The molecule has 2 rings (SSSR count). The van der Waals surface area contributed by atoms with Gasteiger partial charge < -0.3 is 18.9 Å². The smallest absolute Gasteiger partial charge is 0.343 e. The summed E-state index contributed by atoms with van der Waals surface area (Å²) in [5.41, 5.74) is 1.58. The zero-order valence-corrected chi connectivity index (χ0v) is 19.6. The summed E-state index contributed by atoms with van der Waals surface area (Å²) in [7, 11) is 1.56. The van der Waals surface area contributed by atoms with Crippen molar-refractivity contribution in [2.24, 2.45) is 0 Å². The third-order valence-corrected chi connectivity index (χ3v) is 4.69. The maximum absolute atomic E-state index is 12.2. The van der Waals surface area contributed by atoms with Crippen molar-refractivity contribution in [3.63, 3.8) is 0 Å². The van der Waals surface area contributed by atoms with E-state index in [4.69, 9.17) is 18.9 Å². The highest BCUT2D eigenvalue weighted by atomic mass is 16.5. The molecule has 0 amide bonds. The Kier molecular flexibility index (Phi) is 11.1. The third kappa shape index (κ3) is 9.73. The maximum Gasteiger partial charge on any atom is 0.343 e. The number of hydrogen-bond donors (Lipinski definition) is 0. The van der Waals surface area contributed by atoms with Gasteiger partial charge in [0.25, 0.3) is 0 Å². The van der Waals surface area contributed by atoms with Crippen molar-refractivity contribution in [1.82, 2.24) is 0 Å². The largest absolute Gasteiger partial charge is 0.497 e. The molecular formula is C27H30O7. The van der Waals surface area contributed by atoms with E-state index in [9.17, 15) is 14.4 Å². The molecule has 0 spiro atoms. The second-order valence-electron chi connectivity index (χ2n) is 7.52. The Balaban J connectivity index is 1.64. The number of hydrogen-bond acceptors (Lipinski definition) is 7. The molecule has 0 aliphatic heterocycles. The molecule has 0 N–H and O–H groups in total. The number of unbranched alkanes of at least 4 members (excludes halogenated alkanes) is 3. The molecule has 0 bridgehead atoms. The van der Waals surface area contributed by atoms with Gasteiger partial charge in [-0.2, -0.15) is 0 Å². The van der Waals surface area contributed by atoms with Gasteiger partial charge in [-0.05, 0) is 80.6 Å². The number of rotatable bonds is 13. The maximum atomic E-state index is 12.2. The van der Waals surface area contributed by atoms with Crippen LogP contribution < -0.4 is 9.47 Å². The minimum atomic E-state index is -0.470. The molecule has 2 aromatic rings. The minimum absolute atomic E-state index is 0.328. The molecule has 0 unspecified atom stereocenters. The van der Waals surface area contributed by atoms with Crippen LogP contribution in [0.25, 0.3) is 6.08 Å². The SMILES string of the molecule is C=C(C)C(=O)OCCCCCCOC(=O)/C=C/c1ccc(OC(=O)c2ccc(OC)cc2)cc1. The molecule has 7 heteroatoms. The summed E-state index contributed by atoms with van der Waals surface area (Å²) in [5.74, 6) is -0.210. The van der Waals surface area contributed by atoms with Gasteiger partial charge in [-0.3, -0.25) is 0 Å². The van der Waals surface area contributed by atoms with Gasteiger partial charge in [0, 0.05) is 11.6 Å². The molecule has 0 atom stereocenters. The van der Waals surface area contributed by atoms with E-state index in [1.165, 1.54) is 6.08 Å². The Labute approximate surface area is 200 Å². The van der Waals surface area contributed by atoms with Crippen molar-refractivity contribution in [2.45, 2.75) is 32.6 Å². The number of carbonyl (C=O) groups is 3. The quantitative estimate of drug-likeness (QED) is 0.175. The number of esters is 3. The van der Waals surface area contributed by atoms with Crippen molar-refractivity contribution in [3.8, 4) is 11.5 Å². The average molecular weight is 467 g/mol. The summed E-state index contributed by atoms with van der Waals surface area (Å²) in [4.78, 5) is 35.3. The summed E-state index contributed by atoms with van der Waals surface area (Å²) in [5, 5.41) is 0. The Bertz CT molecular complexity index is 989. The monoisotopic (exact) mass is 466 g/mol. The lowest BCUT2D eigenvalue weighted by atomic mass is 10.2. The van der Waals surface area contributed by atoms with Crippen LogP contribution in [0.4, 0.5) is 0 Å². The first-order chi connectivity index (χ1) is 16.4. The first kappa shape index (κ1) is 26.4. The van der Waals surface area contributed by atoms with Crippen LogP contribution in [0.2, 0.25) is 0 Å². The third-order valence-electron chi connectivity index (χ3n) is 4.69. The molecule has 180 valence electrons. The first-order valence-corrected chi connectivity index (χ1v) is 11.0. The predicted molar refractivity (Wildman–Crippen MR) is 129 cm³/mol. The highest BCUT2D eigenvalue weighted by Crippen LogP contribution is 2.17. The van der Waals surface area contributed by atoms with Gasteiger partial charge in [0.1, 0.15) is 11.5 Å². The van der Waals surface area contributed by atoms with E-state index in [1.54, 1.807) is 68.6 Å². The van der Waals surface area contributed by atoms with Gasteiger partial charge in [0.05, 0.1) is 25.9 Å². The number of ether oxygens (including phenoxy) is 4. The molecule has 0 aromatic heterocycles. The number of methoxy groups -OCH3 is 1. The Hall–Kier alpha value is -3.87. The van der Waals surface area contributed by atoms with Gasteiger partial charge in [-0.15, -0.1) is 0 Å². The average Bonchev–Trinajstić information content (AvgIpc) is 2.85. The van der Waals surface area contributed by atoms with Crippen LogP contribution in [0.15, 0.2) is 66.8 Å². The van der Waals surface area contributed by atoms with E-state index in [0.29, 0.717) is 35.8 Å². The van der Waals surface area contributed by atoms with Crippen LogP contribution in [0.5, 0.6) is 11.5 Å². The summed E-state index contributed by atoms with van der Waals surface area (Å²) in [6.07, 6.45) is 6.24. The van der Waals surface area contributed by atoms with E-state index >= 15 is 0 Å². The zero-order chi connectivity index (χ0) is 24.8. The lowest BCUT2D eigenvalue weighted by Crippen LogP contribution is -2.08. The minimum Gasteiger partial charge on any atom is -0.497 e. The van der Waals surface area contributed by atoms with Crippen LogP contribution in [0.3, 0.4) is 0 Å². The predicted octanol–water partition coefficient (Wildman–Crippen LogP) is 5.15. The molecular weight excluding hydrogens is 436 g/mol. The lowest BCUT2D eigenvalue weighted by Gasteiger charge is -2.06. The highest BCUT2D eigenvalue weighted by Gasteiger charge is 2.08. The Morgan fingerprint density at radius 2 is 1.41 bits per heavy atom. The summed E-state index contributed by atoms with van der Waals surface area (Å²) >= 11 is 0. The second-order valence-corrected chi connectivity index (χ2v) is 7.52. The normalized spacial score (nSPS) is 10.5. The van der Waals surface area contributed by atoms with E-state index in [-0.39, 0.29) is 5.97 Å². The molecule has 0 aliphatic rings. The van der Waals surface area contributed by atoms with Gasteiger partial charge in [-0.1, -0.05) is 18.7 Å². The molecule has 0 heterocycles. The molecule has 34 heavy (non-hydrogen) atoms. The molecule has 7 nitrogen and oxygen atoms in total. The lowest BCUT2D eigenvalue weighted by molar-refractivity contribution is -0.139. The molecule has 0 saturated carbocycles. The fourth-order valence-corrected chi connectivity index (χ4v) is 2.77. The van der Waals surface area contributed by atoms with Gasteiger partial charge in [0.2, 0.25) is 0 Å².